The van der Waals surface area contributed by atoms with Crippen molar-refractivity contribution in [3.05, 3.63) is 52.9 Å². The lowest BCUT2D eigenvalue weighted by Crippen LogP contribution is -2.59. The van der Waals surface area contributed by atoms with Gasteiger partial charge in [0.2, 0.25) is 11.8 Å². The first-order valence-corrected chi connectivity index (χ1v) is 12.1. The Morgan fingerprint density at radius 3 is 2.00 bits per heavy atom. The molecule has 3 amide bonds. The number of aromatic nitrogens is 1. The molecule has 12 nitrogen and oxygen atoms in total. The average Bonchev–Trinajstić information content (AvgIpc) is 3.49. The van der Waals surface area contributed by atoms with E-state index < -0.39 is 41.4 Å². The summed E-state index contributed by atoms with van der Waals surface area (Å²) in [6.45, 7) is 5.19. The number of rotatable bonds is 14. The molecule has 0 spiro atoms. The molecule has 2 unspecified atom stereocenters. The van der Waals surface area contributed by atoms with Crippen LogP contribution in [-0.2, 0) is 35.0 Å². The summed E-state index contributed by atoms with van der Waals surface area (Å²) in [6.07, 6.45) is 0.247. The topological polar surface area (TPSA) is 161 Å². The average molecular weight is 531 g/mol. The largest absolute Gasteiger partial charge is 0.382 e. The first-order chi connectivity index (χ1) is 18.1. The fourth-order valence-electron chi connectivity index (χ4n) is 3.74. The minimum Gasteiger partial charge on any atom is -0.382 e. The lowest BCUT2D eigenvalue weighted by atomic mass is 9.94. The quantitative estimate of drug-likeness (QED) is 0.291. The maximum Gasteiger partial charge on any atom is 0.274 e. The predicted octanol–water partition coefficient (Wildman–Crippen LogP) is 0.253. The van der Waals surface area contributed by atoms with E-state index in [0.29, 0.717) is 5.76 Å². The molecule has 1 aromatic carbocycles. The van der Waals surface area contributed by atoms with Crippen LogP contribution in [0.5, 0.6) is 0 Å². The van der Waals surface area contributed by atoms with Gasteiger partial charge < -0.3 is 34.7 Å². The molecule has 0 aliphatic carbocycles. The van der Waals surface area contributed by atoms with Gasteiger partial charge in [0.05, 0.1) is 25.9 Å². The number of benzene rings is 1. The van der Waals surface area contributed by atoms with Crippen LogP contribution in [0.1, 0.15) is 34.3 Å². The highest BCUT2D eigenvalue weighted by Gasteiger charge is 2.50. The molecule has 206 valence electrons. The van der Waals surface area contributed by atoms with Crippen molar-refractivity contribution in [2.75, 3.05) is 34.0 Å². The molecule has 0 bridgehead atoms. The number of ketones is 1. The van der Waals surface area contributed by atoms with Gasteiger partial charge in [0.15, 0.2) is 11.5 Å². The summed E-state index contributed by atoms with van der Waals surface area (Å²) >= 11 is 0. The van der Waals surface area contributed by atoms with Crippen molar-refractivity contribution in [3.63, 3.8) is 0 Å². The molecule has 0 saturated carbocycles. The number of aryl methyl sites for hydroxylation is 2. The van der Waals surface area contributed by atoms with Crippen LogP contribution in [0.15, 0.2) is 34.9 Å². The molecule has 3 rings (SSSR count). The predicted molar refractivity (Wildman–Crippen MR) is 134 cm³/mol. The number of nitrogens with one attached hydrogen (secondary N) is 3. The number of Topliss-reactive ketones (excluding diaryl/α,β-unsaturated/α-hetero) is 1. The van der Waals surface area contributed by atoms with Crippen LogP contribution >= 0.6 is 0 Å². The summed E-state index contributed by atoms with van der Waals surface area (Å²) in [6, 6.07) is 5.87. The summed E-state index contributed by atoms with van der Waals surface area (Å²) in [4.78, 5) is 51.9. The van der Waals surface area contributed by atoms with Crippen molar-refractivity contribution >= 4 is 23.5 Å². The van der Waals surface area contributed by atoms with Crippen LogP contribution in [0.25, 0.3) is 0 Å². The van der Waals surface area contributed by atoms with E-state index in [4.69, 9.17) is 18.7 Å². The van der Waals surface area contributed by atoms with Crippen LogP contribution in [0.3, 0.4) is 0 Å². The second-order valence-corrected chi connectivity index (χ2v) is 9.46. The maximum atomic E-state index is 13.3. The number of amides is 3. The number of carbonyl (C=O) groups is 4. The zero-order valence-corrected chi connectivity index (χ0v) is 22.2. The van der Waals surface area contributed by atoms with E-state index in [1.807, 2.05) is 31.2 Å². The molecule has 1 saturated heterocycles. The number of carbonyl (C=O) groups excluding carboxylic acids is 4. The first kappa shape index (κ1) is 29.0. The molecule has 38 heavy (non-hydrogen) atoms. The van der Waals surface area contributed by atoms with Gasteiger partial charge in [-0.25, -0.2) is 0 Å². The molecule has 1 aliphatic heterocycles. The highest BCUT2D eigenvalue weighted by atomic mass is 16.6. The van der Waals surface area contributed by atoms with E-state index in [2.05, 4.69) is 21.1 Å². The van der Waals surface area contributed by atoms with Crippen LogP contribution in [0.2, 0.25) is 0 Å². The van der Waals surface area contributed by atoms with Crippen LogP contribution in [0.4, 0.5) is 0 Å². The van der Waals surface area contributed by atoms with Gasteiger partial charge >= 0.3 is 0 Å². The minimum absolute atomic E-state index is 0.00385. The lowest BCUT2D eigenvalue weighted by molar-refractivity contribution is -0.134. The molecular weight excluding hydrogens is 496 g/mol. The Bertz CT molecular complexity index is 1140. The fraction of sp³-hybridized carbons (Fsp3) is 0.500. The summed E-state index contributed by atoms with van der Waals surface area (Å²) in [7, 11) is 2.75. The Balaban J connectivity index is 1.71. The first-order valence-electron chi connectivity index (χ1n) is 12.1. The van der Waals surface area contributed by atoms with Crippen molar-refractivity contribution in [2.24, 2.45) is 0 Å². The third-order valence-corrected chi connectivity index (χ3v) is 6.07. The number of epoxide rings is 1. The zero-order chi connectivity index (χ0) is 27.9. The number of nitrogens with zero attached hydrogens (tertiary/aromatic N) is 1. The van der Waals surface area contributed by atoms with E-state index in [1.165, 1.54) is 20.3 Å². The summed E-state index contributed by atoms with van der Waals surface area (Å²) in [5.74, 6) is -1.78. The van der Waals surface area contributed by atoms with Crippen LogP contribution < -0.4 is 16.0 Å². The monoisotopic (exact) mass is 530 g/mol. The number of methoxy groups -OCH3 is 2. The summed E-state index contributed by atoms with van der Waals surface area (Å²) in [5.41, 5.74) is 0.959. The Morgan fingerprint density at radius 1 is 0.947 bits per heavy atom. The Kier molecular flexibility index (Phi) is 9.72. The fourth-order valence-corrected chi connectivity index (χ4v) is 3.74. The molecule has 3 N–H and O–H groups in total. The molecule has 1 fully saturated rings. The number of hydrogen-bond acceptors (Lipinski definition) is 9. The molecule has 12 heteroatoms. The minimum atomic E-state index is -1.15. The van der Waals surface area contributed by atoms with Crippen molar-refractivity contribution in [3.8, 4) is 0 Å². The SMILES string of the molecule is COCC(NC(=O)c1cc(C)on1)C(=O)N[C@@H](COC)C(=O)NC(Cc1ccc(C)cc1)C(=O)[C@@]1(C)CO1. The van der Waals surface area contributed by atoms with Crippen LogP contribution in [-0.4, -0.2) is 86.4 Å². The summed E-state index contributed by atoms with van der Waals surface area (Å²) in [5, 5.41) is 11.5. The number of ether oxygens (including phenoxy) is 3. The smallest absolute Gasteiger partial charge is 0.274 e. The van der Waals surface area contributed by atoms with Crippen molar-refractivity contribution in [1.29, 1.82) is 0 Å². The molecule has 1 aromatic heterocycles. The van der Waals surface area contributed by atoms with E-state index in [9.17, 15) is 19.2 Å². The van der Waals surface area contributed by atoms with E-state index in [-0.39, 0.29) is 37.7 Å². The molecule has 2 heterocycles. The second-order valence-electron chi connectivity index (χ2n) is 9.46. The Labute approximate surface area is 220 Å². The maximum absolute atomic E-state index is 13.3. The van der Waals surface area contributed by atoms with E-state index >= 15 is 0 Å². The Hall–Kier alpha value is -3.61. The van der Waals surface area contributed by atoms with Crippen molar-refractivity contribution in [2.45, 2.75) is 50.9 Å². The second kappa shape index (κ2) is 12.8. The van der Waals surface area contributed by atoms with Gasteiger partial charge in [0, 0.05) is 20.3 Å². The normalized spacial score (nSPS) is 18.7. The summed E-state index contributed by atoms with van der Waals surface area (Å²) < 4.78 is 20.4. The van der Waals surface area contributed by atoms with E-state index in [1.54, 1.807) is 13.8 Å². The van der Waals surface area contributed by atoms with Gasteiger partial charge in [-0.3, -0.25) is 19.2 Å². The van der Waals surface area contributed by atoms with E-state index in [0.717, 1.165) is 11.1 Å². The standard InChI is InChI=1S/C26H34N4O8/c1-15-6-8-17(9-7-15)11-18(22(31)26(3)14-37-26)27-24(33)20(12-35-4)29-25(34)21(13-36-5)28-23(32)19-10-16(2)38-30-19/h6-10,18,20-21H,11-14H2,1-5H3,(H,27,33)(H,28,32)(H,29,34)/t18?,20-,21?,26+/m0/s1. The lowest BCUT2D eigenvalue weighted by Gasteiger charge is -2.25. The molecule has 0 radical (unpaired) electrons. The van der Waals surface area contributed by atoms with Crippen molar-refractivity contribution < 1.29 is 37.9 Å². The Morgan fingerprint density at radius 2 is 1.50 bits per heavy atom. The highest BCUT2D eigenvalue weighted by molar-refractivity contribution is 5.99. The molecule has 2 aromatic rings. The van der Waals surface area contributed by atoms with Crippen LogP contribution in [0, 0.1) is 13.8 Å². The van der Waals surface area contributed by atoms with Gasteiger partial charge in [-0.05, 0) is 32.8 Å². The van der Waals surface area contributed by atoms with Gasteiger partial charge in [0.1, 0.15) is 23.4 Å². The van der Waals surface area contributed by atoms with Gasteiger partial charge in [0.25, 0.3) is 5.91 Å². The third-order valence-electron chi connectivity index (χ3n) is 6.07. The highest BCUT2D eigenvalue weighted by Crippen LogP contribution is 2.29. The number of hydrogen-bond donors (Lipinski definition) is 3. The van der Waals surface area contributed by atoms with Crippen molar-refractivity contribution in [1.82, 2.24) is 21.1 Å². The van der Waals surface area contributed by atoms with Gasteiger partial charge in [-0.2, -0.15) is 0 Å². The third kappa shape index (κ3) is 7.70. The zero-order valence-electron chi connectivity index (χ0n) is 22.2. The van der Waals surface area contributed by atoms with Gasteiger partial charge in [-0.15, -0.1) is 0 Å². The molecule has 1 aliphatic rings. The molecular formula is C26H34N4O8. The molecule has 4 atom stereocenters. The van der Waals surface area contributed by atoms with Gasteiger partial charge in [-0.1, -0.05) is 35.0 Å².